The van der Waals surface area contributed by atoms with Crippen LogP contribution >= 0.6 is 0 Å². The number of hydrogen-bond donors (Lipinski definition) is 2. The lowest BCUT2D eigenvalue weighted by Gasteiger charge is -2.44. The molecular weight excluding hydrogens is 664 g/mol. The summed E-state index contributed by atoms with van der Waals surface area (Å²) in [5, 5.41) is 12.8. The lowest BCUT2D eigenvalue weighted by atomic mass is 9.73. The van der Waals surface area contributed by atoms with Gasteiger partial charge in [0.05, 0.1) is 34.8 Å². The lowest BCUT2D eigenvalue weighted by Crippen LogP contribution is -2.56. The molecule has 0 unspecified atom stereocenters. The van der Waals surface area contributed by atoms with Crippen molar-refractivity contribution < 1.29 is 64.8 Å². The van der Waals surface area contributed by atoms with Crippen LogP contribution in [0.15, 0.2) is 48.5 Å². The van der Waals surface area contributed by atoms with Crippen molar-refractivity contribution in [2.75, 3.05) is 13.2 Å². The van der Waals surface area contributed by atoms with Gasteiger partial charge in [-0.25, -0.2) is 9.59 Å². The standard InChI is InChI=1S/C24H25F6NO3.C10H18O5/c1-15(16-10-18(23(25,26)27)12-19(11-16)24(28,29)30)34-14-22(17-6-4-3-5-7-17)9-8-21(2,13-31-22)20(32)33;1-9(2,3)14-7(11)13-8(12)15-10(4,5)6/h3-7,10-12,15,31H,8-9,13-14H2,1-2H3,(H,32,33);1-6H3/t15-,21-,22-;/m1./s1. The number of nitrogens with one attached hydrogen (secondary N) is 1. The highest BCUT2D eigenvalue weighted by Gasteiger charge is 2.45. The highest BCUT2D eigenvalue weighted by Crippen LogP contribution is 2.41. The largest absolute Gasteiger partial charge is 0.519 e. The first kappa shape index (κ1) is 41.3. The van der Waals surface area contributed by atoms with E-state index >= 15 is 0 Å². The molecule has 1 aliphatic heterocycles. The molecule has 49 heavy (non-hydrogen) atoms. The smallest absolute Gasteiger partial charge is 0.481 e. The minimum atomic E-state index is -4.95. The summed E-state index contributed by atoms with van der Waals surface area (Å²) in [5.74, 6) is -0.959. The Labute approximate surface area is 281 Å². The van der Waals surface area contributed by atoms with E-state index in [0.717, 1.165) is 5.56 Å². The van der Waals surface area contributed by atoms with Crippen LogP contribution < -0.4 is 5.32 Å². The molecule has 2 N–H and O–H groups in total. The van der Waals surface area contributed by atoms with Gasteiger partial charge in [0.1, 0.15) is 11.2 Å². The number of halogens is 6. The molecule has 0 spiro atoms. The van der Waals surface area contributed by atoms with Crippen molar-refractivity contribution in [1.29, 1.82) is 0 Å². The Balaban J connectivity index is 0.000000469. The molecule has 0 bridgehead atoms. The topological polar surface area (TPSA) is 120 Å². The second-order valence-corrected chi connectivity index (χ2v) is 14.0. The van der Waals surface area contributed by atoms with Gasteiger partial charge in [-0.1, -0.05) is 30.3 Å². The van der Waals surface area contributed by atoms with E-state index in [1.807, 2.05) is 12.1 Å². The van der Waals surface area contributed by atoms with Gasteiger partial charge in [0.25, 0.3) is 0 Å². The average molecular weight is 708 g/mol. The highest BCUT2D eigenvalue weighted by atomic mass is 19.4. The molecular formula is C34H43F6NO8. The number of piperidine rings is 1. The average Bonchev–Trinajstić information content (AvgIpc) is 2.94. The molecule has 2 aromatic rings. The Kier molecular flexibility index (Phi) is 13.0. The molecule has 1 heterocycles. The summed E-state index contributed by atoms with van der Waals surface area (Å²) in [4.78, 5) is 33.7. The molecule has 9 nitrogen and oxygen atoms in total. The van der Waals surface area contributed by atoms with Crippen LogP contribution in [-0.2, 0) is 41.6 Å². The minimum Gasteiger partial charge on any atom is -0.481 e. The van der Waals surface area contributed by atoms with E-state index in [2.05, 4.69) is 10.1 Å². The molecule has 0 aromatic heterocycles. The molecule has 274 valence electrons. The number of carbonyl (C=O) groups is 3. The lowest BCUT2D eigenvalue weighted by molar-refractivity contribution is -0.151. The van der Waals surface area contributed by atoms with Crippen molar-refractivity contribution in [3.05, 3.63) is 70.8 Å². The van der Waals surface area contributed by atoms with Crippen molar-refractivity contribution in [2.24, 2.45) is 5.41 Å². The van der Waals surface area contributed by atoms with Crippen LogP contribution in [0.2, 0.25) is 0 Å². The second-order valence-electron chi connectivity index (χ2n) is 14.0. The van der Waals surface area contributed by atoms with Gasteiger partial charge in [-0.3, -0.25) is 4.79 Å². The summed E-state index contributed by atoms with van der Waals surface area (Å²) < 4.78 is 99.0. The van der Waals surface area contributed by atoms with Crippen LogP contribution in [0.1, 0.15) is 96.6 Å². The predicted octanol–water partition coefficient (Wildman–Crippen LogP) is 9.04. The van der Waals surface area contributed by atoms with E-state index in [-0.39, 0.29) is 24.8 Å². The Bertz CT molecular complexity index is 1380. The highest BCUT2D eigenvalue weighted by molar-refractivity contribution is 5.77. The van der Waals surface area contributed by atoms with Crippen LogP contribution in [-0.4, -0.2) is 47.7 Å². The second kappa shape index (κ2) is 15.4. The van der Waals surface area contributed by atoms with E-state index in [1.165, 1.54) is 6.92 Å². The van der Waals surface area contributed by atoms with E-state index in [9.17, 15) is 45.8 Å². The third-order valence-corrected chi connectivity index (χ3v) is 7.37. The van der Waals surface area contributed by atoms with Gasteiger partial charge < -0.3 is 29.4 Å². The van der Waals surface area contributed by atoms with Crippen molar-refractivity contribution >= 4 is 18.3 Å². The van der Waals surface area contributed by atoms with Crippen LogP contribution in [0.3, 0.4) is 0 Å². The van der Waals surface area contributed by atoms with Gasteiger partial charge in [0.2, 0.25) is 0 Å². The molecule has 1 aliphatic rings. The van der Waals surface area contributed by atoms with Crippen LogP contribution in [0.5, 0.6) is 0 Å². The fourth-order valence-corrected chi connectivity index (χ4v) is 4.61. The van der Waals surface area contributed by atoms with Crippen LogP contribution in [0, 0.1) is 5.41 Å². The number of carboxylic acid groups (broad SMARTS) is 1. The van der Waals surface area contributed by atoms with Crippen molar-refractivity contribution in [3.8, 4) is 0 Å². The van der Waals surface area contributed by atoms with E-state index in [4.69, 9.17) is 14.2 Å². The van der Waals surface area contributed by atoms with Crippen molar-refractivity contribution in [2.45, 2.75) is 103 Å². The third-order valence-electron chi connectivity index (χ3n) is 7.37. The molecule has 0 radical (unpaired) electrons. The Hall–Kier alpha value is -3.85. The number of carboxylic acids is 1. The molecule has 15 heteroatoms. The first-order valence-corrected chi connectivity index (χ1v) is 15.2. The summed E-state index contributed by atoms with van der Waals surface area (Å²) in [5.41, 5.74) is -5.52. The summed E-state index contributed by atoms with van der Waals surface area (Å²) >= 11 is 0. The normalized spacial score (nSPS) is 20.7. The summed E-state index contributed by atoms with van der Waals surface area (Å²) in [7, 11) is 0. The van der Waals surface area contributed by atoms with E-state index in [0.29, 0.717) is 25.0 Å². The van der Waals surface area contributed by atoms with Crippen LogP contribution in [0.25, 0.3) is 0 Å². The summed E-state index contributed by atoms with van der Waals surface area (Å²) in [6.45, 7) is 13.1. The molecule has 2 aromatic carbocycles. The van der Waals surface area contributed by atoms with Crippen LogP contribution in [0.4, 0.5) is 35.9 Å². The molecule has 1 fully saturated rings. The van der Waals surface area contributed by atoms with Gasteiger partial charge >= 0.3 is 30.6 Å². The Morgan fingerprint density at radius 2 is 1.29 bits per heavy atom. The zero-order chi connectivity index (χ0) is 37.6. The first-order chi connectivity index (χ1) is 22.2. The number of ether oxygens (including phenoxy) is 4. The molecule has 0 aliphatic carbocycles. The maximum Gasteiger partial charge on any atom is 0.519 e. The fourth-order valence-electron chi connectivity index (χ4n) is 4.61. The number of aliphatic carboxylic acids is 1. The van der Waals surface area contributed by atoms with Gasteiger partial charge in [-0.15, -0.1) is 0 Å². The summed E-state index contributed by atoms with van der Waals surface area (Å²) in [6.07, 6.45) is -12.4. The zero-order valence-electron chi connectivity index (χ0n) is 28.6. The van der Waals surface area contributed by atoms with Gasteiger partial charge in [0, 0.05) is 6.54 Å². The SMILES string of the molecule is CC(C)(C)OC(=O)OC(=O)OC(C)(C)C.C[C@@H](OC[C@@]1(c2ccccc2)CC[C@@](C)(C(=O)O)CN1)c1cc(C(F)(F)F)cc(C(F)(F)F)c1. The van der Waals surface area contributed by atoms with Gasteiger partial charge in [-0.05, 0) is 97.6 Å². The zero-order valence-corrected chi connectivity index (χ0v) is 28.6. The molecule has 0 saturated carbocycles. The molecule has 3 atom stereocenters. The predicted molar refractivity (Wildman–Crippen MR) is 165 cm³/mol. The third kappa shape index (κ3) is 12.8. The quantitative estimate of drug-likeness (QED) is 0.172. The number of hydrogen-bond acceptors (Lipinski definition) is 8. The van der Waals surface area contributed by atoms with E-state index in [1.54, 1.807) is 66.7 Å². The monoisotopic (exact) mass is 707 g/mol. The van der Waals surface area contributed by atoms with Crippen molar-refractivity contribution in [1.82, 2.24) is 5.32 Å². The Morgan fingerprint density at radius 3 is 1.65 bits per heavy atom. The maximum absolute atomic E-state index is 13.2. The van der Waals surface area contributed by atoms with Gasteiger partial charge in [-0.2, -0.15) is 26.3 Å². The Morgan fingerprint density at radius 1 is 0.816 bits per heavy atom. The van der Waals surface area contributed by atoms with Gasteiger partial charge in [0.15, 0.2) is 0 Å². The number of alkyl halides is 6. The fraction of sp³-hybridized carbons (Fsp3) is 0.559. The van der Waals surface area contributed by atoms with Crippen molar-refractivity contribution in [3.63, 3.8) is 0 Å². The summed E-state index contributed by atoms with van der Waals surface area (Å²) in [6, 6.07) is 10.4. The molecule has 0 amide bonds. The molecule has 3 rings (SSSR count). The minimum absolute atomic E-state index is 0.0779. The van der Waals surface area contributed by atoms with E-state index < -0.39 is 70.0 Å². The number of benzene rings is 2. The number of rotatable bonds is 6. The first-order valence-electron chi connectivity index (χ1n) is 15.2. The maximum atomic E-state index is 13.2. The number of carbonyl (C=O) groups excluding carboxylic acids is 2. The molecule has 1 saturated heterocycles.